The van der Waals surface area contributed by atoms with Crippen LogP contribution in [-0.4, -0.2) is 39.5 Å². The minimum Gasteiger partial charge on any atom is -0.472 e. The second-order valence-corrected chi connectivity index (χ2v) is 8.23. The Morgan fingerprint density at radius 1 is 1.25 bits per heavy atom. The number of rotatable bonds is 5. The number of benzene rings is 1. The monoisotopic (exact) mass is 349 g/mol. The molecular formula is C18H23NO4S. The summed E-state index contributed by atoms with van der Waals surface area (Å²) in [5, 5.41) is 0. The van der Waals surface area contributed by atoms with E-state index in [1.54, 1.807) is 36.1 Å². The van der Waals surface area contributed by atoms with Gasteiger partial charge in [-0.1, -0.05) is 6.07 Å². The fourth-order valence-corrected chi connectivity index (χ4v) is 4.79. The second kappa shape index (κ2) is 7.09. The van der Waals surface area contributed by atoms with Gasteiger partial charge in [0.1, 0.15) is 0 Å². The molecule has 130 valence electrons. The van der Waals surface area contributed by atoms with Crippen LogP contribution < -0.4 is 0 Å². The maximum Gasteiger partial charge on any atom is 0.243 e. The molecule has 3 rings (SSSR count). The summed E-state index contributed by atoms with van der Waals surface area (Å²) in [4.78, 5) is 0.359. The molecule has 2 heterocycles. The van der Waals surface area contributed by atoms with E-state index in [9.17, 15) is 8.42 Å². The highest BCUT2D eigenvalue weighted by atomic mass is 32.2. The second-order valence-electron chi connectivity index (χ2n) is 6.29. The Kier molecular flexibility index (Phi) is 5.08. The van der Waals surface area contributed by atoms with Gasteiger partial charge in [0.25, 0.3) is 0 Å². The molecule has 1 aromatic heterocycles. The molecule has 0 atom stereocenters. The van der Waals surface area contributed by atoms with Crippen LogP contribution in [-0.2, 0) is 14.8 Å². The third kappa shape index (κ3) is 3.41. The van der Waals surface area contributed by atoms with Gasteiger partial charge in [0.2, 0.25) is 10.0 Å². The number of nitrogens with zero attached hydrogens (tertiary/aromatic N) is 1. The van der Waals surface area contributed by atoms with Crippen LogP contribution in [0.4, 0.5) is 0 Å². The van der Waals surface area contributed by atoms with Gasteiger partial charge in [-0.2, -0.15) is 4.31 Å². The number of hydrogen-bond donors (Lipinski definition) is 0. The summed E-state index contributed by atoms with van der Waals surface area (Å²) in [6, 6.07) is 7.16. The number of methoxy groups -OCH3 is 1. The molecule has 0 spiro atoms. The topological polar surface area (TPSA) is 59.8 Å². The van der Waals surface area contributed by atoms with E-state index in [-0.39, 0.29) is 0 Å². The van der Waals surface area contributed by atoms with Crippen molar-refractivity contribution in [1.29, 1.82) is 0 Å². The SMILES string of the molecule is COCC1CCN(S(=O)(=O)c2ccc(-c3ccoc3)c(C)c2)CC1. The first-order valence-electron chi connectivity index (χ1n) is 8.14. The van der Waals surface area contributed by atoms with Gasteiger partial charge in [0.05, 0.1) is 17.4 Å². The zero-order valence-corrected chi connectivity index (χ0v) is 14.9. The maximum atomic E-state index is 12.9. The van der Waals surface area contributed by atoms with Crippen LogP contribution in [0.5, 0.6) is 0 Å². The molecule has 0 N–H and O–H groups in total. The number of ether oxygens (including phenoxy) is 1. The molecule has 0 aliphatic carbocycles. The van der Waals surface area contributed by atoms with E-state index in [1.807, 2.05) is 19.1 Å². The van der Waals surface area contributed by atoms with Crippen molar-refractivity contribution in [3.05, 3.63) is 42.4 Å². The Hall–Kier alpha value is -1.63. The molecule has 0 radical (unpaired) electrons. The Morgan fingerprint density at radius 3 is 2.58 bits per heavy atom. The smallest absolute Gasteiger partial charge is 0.243 e. The van der Waals surface area contributed by atoms with Crippen molar-refractivity contribution in [3.63, 3.8) is 0 Å². The molecule has 1 fully saturated rings. The molecule has 0 unspecified atom stereocenters. The predicted octanol–water partition coefficient (Wildman–Crippen LogP) is 3.30. The van der Waals surface area contributed by atoms with Crippen molar-refractivity contribution in [2.75, 3.05) is 26.8 Å². The van der Waals surface area contributed by atoms with Crippen LogP contribution in [0.15, 0.2) is 46.1 Å². The van der Waals surface area contributed by atoms with Gasteiger partial charge < -0.3 is 9.15 Å². The Labute approximate surface area is 143 Å². The van der Waals surface area contributed by atoms with Crippen molar-refractivity contribution < 1.29 is 17.6 Å². The van der Waals surface area contributed by atoms with E-state index in [1.165, 1.54) is 0 Å². The van der Waals surface area contributed by atoms with Crippen molar-refractivity contribution >= 4 is 10.0 Å². The third-order valence-electron chi connectivity index (χ3n) is 4.64. The molecule has 6 heteroatoms. The normalized spacial score (nSPS) is 17.2. The number of aryl methyl sites for hydroxylation is 1. The summed E-state index contributed by atoms with van der Waals surface area (Å²) in [5.74, 6) is 0.451. The summed E-state index contributed by atoms with van der Waals surface area (Å²) in [7, 11) is -1.75. The van der Waals surface area contributed by atoms with Gasteiger partial charge in [-0.05, 0) is 55.0 Å². The Bertz CT molecular complexity index is 775. The zero-order chi connectivity index (χ0) is 17.2. The first kappa shape index (κ1) is 17.2. The highest BCUT2D eigenvalue weighted by Gasteiger charge is 2.29. The summed E-state index contributed by atoms with van der Waals surface area (Å²) in [6.45, 7) is 3.73. The molecule has 0 saturated carbocycles. The lowest BCUT2D eigenvalue weighted by Crippen LogP contribution is -2.39. The van der Waals surface area contributed by atoms with Crippen molar-refractivity contribution in [3.8, 4) is 11.1 Å². The van der Waals surface area contributed by atoms with E-state index in [4.69, 9.17) is 9.15 Å². The molecule has 24 heavy (non-hydrogen) atoms. The molecule has 1 aromatic carbocycles. The van der Waals surface area contributed by atoms with E-state index >= 15 is 0 Å². The van der Waals surface area contributed by atoms with Gasteiger partial charge in [-0.15, -0.1) is 0 Å². The first-order valence-corrected chi connectivity index (χ1v) is 9.58. The summed E-state index contributed by atoms with van der Waals surface area (Å²) >= 11 is 0. The molecular weight excluding hydrogens is 326 g/mol. The van der Waals surface area contributed by atoms with E-state index in [2.05, 4.69) is 0 Å². The minimum absolute atomic E-state index is 0.359. The highest BCUT2D eigenvalue weighted by molar-refractivity contribution is 7.89. The van der Waals surface area contributed by atoms with Crippen molar-refractivity contribution in [1.82, 2.24) is 4.31 Å². The molecule has 2 aromatic rings. The van der Waals surface area contributed by atoms with Crippen LogP contribution in [0.25, 0.3) is 11.1 Å². The lowest BCUT2D eigenvalue weighted by atomic mass is 9.99. The number of furan rings is 1. The quantitative estimate of drug-likeness (QED) is 0.831. The van der Waals surface area contributed by atoms with Gasteiger partial charge in [-0.3, -0.25) is 0 Å². The van der Waals surface area contributed by atoms with Gasteiger partial charge >= 0.3 is 0 Å². The third-order valence-corrected chi connectivity index (χ3v) is 6.54. The van der Waals surface area contributed by atoms with Gasteiger partial charge in [0, 0.05) is 32.4 Å². The van der Waals surface area contributed by atoms with Crippen LogP contribution >= 0.6 is 0 Å². The largest absolute Gasteiger partial charge is 0.472 e. The molecule has 0 amide bonds. The molecule has 1 saturated heterocycles. The van der Waals surface area contributed by atoms with Crippen molar-refractivity contribution in [2.45, 2.75) is 24.7 Å². The van der Waals surface area contributed by atoms with Gasteiger partial charge in [0.15, 0.2) is 0 Å². The Balaban J connectivity index is 1.79. The zero-order valence-electron chi connectivity index (χ0n) is 14.1. The summed E-state index contributed by atoms with van der Waals surface area (Å²) in [5.41, 5.74) is 2.87. The predicted molar refractivity (Wildman–Crippen MR) is 92.2 cm³/mol. The minimum atomic E-state index is -3.44. The van der Waals surface area contributed by atoms with Crippen molar-refractivity contribution in [2.24, 2.45) is 5.92 Å². The molecule has 5 nitrogen and oxygen atoms in total. The lowest BCUT2D eigenvalue weighted by Gasteiger charge is -2.31. The fraction of sp³-hybridized carbons (Fsp3) is 0.444. The number of hydrogen-bond acceptors (Lipinski definition) is 4. The lowest BCUT2D eigenvalue weighted by molar-refractivity contribution is 0.121. The average molecular weight is 349 g/mol. The fourth-order valence-electron chi connectivity index (χ4n) is 3.24. The average Bonchev–Trinajstić information content (AvgIpc) is 3.10. The number of piperidine rings is 1. The Morgan fingerprint density at radius 2 is 2.00 bits per heavy atom. The first-order chi connectivity index (χ1) is 11.5. The number of sulfonamides is 1. The molecule has 1 aliphatic heterocycles. The van der Waals surface area contributed by atoms with Crippen LogP contribution in [0, 0.1) is 12.8 Å². The summed E-state index contributed by atoms with van der Waals surface area (Å²) in [6.07, 6.45) is 4.97. The van der Waals surface area contributed by atoms with E-state index < -0.39 is 10.0 Å². The van der Waals surface area contributed by atoms with Crippen LogP contribution in [0.3, 0.4) is 0 Å². The molecule has 1 aliphatic rings. The molecule has 0 bridgehead atoms. The summed E-state index contributed by atoms with van der Waals surface area (Å²) < 4.78 is 37.6. The highest BCUT2D eigenvalue weighted by Crippen LogP contribution is 2.29. The maximum absolute atomic E-state index is 12.9. The van der Waals surface area contributed by atoms with E-state index in [0.29, 0.717) is 30.5 Å². The van der Waals surface area contributed by atoms with Crippen LogP contribution in [0.1, 0.15) is 18.4 Å². The van der Waals surface area contributed by atoms with Crippen LogP contribution in [0.2, 0.25) is 0 Å². The van der Waals surface area contributed by atoms with Gasteiger partial charge in [-0.25, -0.2) is 8.42 Å². The standard InChI is InChI=1S/C18H23NO4S/c1-14-11-17(3-4-18(14)16-7-10-23-13-16)24(20,21)19-8-5-15(6-9-19)12-22-2/h3-4,7,10-11,13,15H,5-6,8-9,12H2,1-2H3. The van der Waals surface area contributed by atoms with E-state index in [0.717, 1.165) is 29.5 Å².